The normalized spacial score (nSPS) is 29.7. The third kappa shape index (κ3) is 3.27. The van der Waals surface area contributed by atoms with Crippen molar-refractivity contribution in [2.24, 2.45) is 5.92 Å². The van der Waals surface area contributed by atoms with Crippen molar-refractivity contribution in [1.82, 2.24) is 15.5 Å². The van der Waals surface area contributed by atoms with E-state index in [1.165, 1.54) is 11.1 Å². The number of hydrogen-bond donors (Lipinski definition) is 2. The first-order valence-electron chi connectivity index (χ1n) is 7.92. The second-order valence-electron chi connectivity index (χ2n) is 6.55. The lowest BCUT2D eigenvalue weighted by Crippen LogP contribution is -2.55. The molecular formula is C17H25N3O. The molecule has 21 heavy (non-hydrogen) atoms. The summed E-state index contributed by atoms with van der Waals surface area (Å²) in [7, 11) is 2.15. The maximum absolute atomic E-state index is 12.5. The summed E-state index contributed by atoms with van der Waals surface area (Å²) < 4.78 is 0. The smallest absolute Gasteiger partial charge is 0.237 e. The molecule has 4 nitrogen and oxygen atoms in total. The van der Waals surface area contributed by atoms with Gasteiger partial charge in [0.1, 0.15) is 0 Å². The fourth-order valence-corrected chi connectivity index (χ4v) is 3.49. The van der Waals surface area contributed by atoms with E-state index in [0.717, 1.165) is 32.5 Å². The van der Waals surface area contributed by atoms with Gasteiger partial charge in [-0.05, 0) is 43.5 Å². The minimum Gasteiger partial charge on any atom is -0.352 e. The molecule has 1 saturated heterocycles. The number of fused-ring (bicyclic) bond motifs is 1. The molecule has 3 rings (SSSR count). The van der Waals surface area contributed by atoms with Gasteiger partial charge in [-0.3, -0.25) is 4.79 Å². The Morgan fingerprint density at radius 1 is 1.33 bits per heavy atom. The molecule has 0 saturated carbocycles. The molecule has 2 unspecified atom stereocenters. The monoisotopic (exact) mass is 287 g/mol. The van der Waals surface area contributed by atoms with Crippen LogP contribution >= 0.6 is 0 Å². The summed E-state index contributed by atoms with van der Waals surface area (Å²) >= 11 is 0. The van der Waals surface area contributed by atoms with Crippen LogP contribution in [0.15, 0.2) is 24.3 Å². The molecule has 0 spiro atoms. The van der Waals surface area contributed by atoms with Gasteiger partial charge in [-0.1, -0.05) is 31.2 Å². The summed E-state index contributed by atoms with van der Waals surface area (Å²) in [6.07, 6.45) is 1.84. The summed E-state index contributed by atoms with van der Waals surface area (Å²) in [5.74, 6) is 0.675. The van der Waals surface area contributed by atoms with Crippen molar-refractivity contribution in [3.8, 4) is 0 Å². The van der Waals surface area contributed by atoms with Gasteiger partial charge < -0.3 is 15.5 Å². The van der Waals surface area contributed by atoms with E-state index < -0.39 is 0 Å². The van der Waals surface area contributed by atoms with Gasteiger partial charge in [0.25, 0.3) is 0 Å². The molecule has 4 heteroatoms. The molecule has 0 aliphatic carbocycles. The maximum Gasteiger partial charge on any atom is 0.237 e. The van der Waals surface area contributed by atoms with Crippen molar-refractivity contribution in [2.45, 2.75) is 38.4 Å². The van der Waals surface area contributed by atoms with Crippen LogP contribution in [0.25, 0.3) is 0 Å². The van der Waals surface area contributed by atoms with Gasteiger partial charge in [-0.25, -0.2) is 0 Å². The average Bonchev–Trinajstić information content (AvgIpc) is 2.49. The topological polar surface area (TPSA) is 44.4 Å². The zero-order valence-electron chi connectivity index (χ0n) is 12.9. The highest BCUT2D eigenvalue weighted by Gasteiger charge is 2.29. The quantitative estimate of drug-likeness (QED) is 0.858. The number of likely N-dealkylation sites (tertiary alicyclic amines) is 1. The summed E-state index contributed by atoms with van der Waals surface area (Å²) in [5, 5.41) is 6.63. The molecule has 1 fully saturated rings. The Kier molecular flexibility index (Phi) is 4.27. The maximum atomic E-state index is 12.5. The highest BCUT2D eigenvalue weighted by Crippen LogP contribution is 2.18. The van der Waals surface area contributed by atoms with E-state index in [1.807, 2.05) is 0 Å². The lowest BCUT2D eigenvalue weighted by atomic mass is 9.92. The number of hydrogen-bond acceptors (Lipinski definition) is 3. The zero-order chi connectivity index (χ0) is 14.8. The Hall–Kier alpha value is -1.39. The predicted molar refractivity (Wildman–Crippen MR) is 84.0 cm³/mol. The van der Waals surface area contributed by atoms with Crippen LogP contribution in [0.1, 0.15) is 24.5 Å². The van der Waals surface area contributed by atoms with Gasteiger partial charge in [0.05, 0.1) is 6.04 Å². The van der Waals surface area contributed by atoms with Gasteiger partial charge in [0.2, 0.25) is 5.91 Å². The van der Waals surface area contributed by atoms with Crippen molar-refractivity contribution in [3.63, 3.8) is 0 Å². The second-order valence-corrected chi connectivity index (χ2v) is 6.55. The molecule has 2 heterocycles. The number of rotatable bonds is 2. The second kappa shape index (κ2) is 6.16. The number of amides is 1. The fourth-order valence-electron chi connectivity index (χ4n) is 3.49. The number of carbonyl (C=O) groups excluding carboxylic acids is 1. The van der Waals surface area contributed by atoms with Crippen molar-refractivity contribution in [1.29, 1.82) is 0 Å². The third-order valence-electron chi connectivity index (χ3n) is 4.83. The van der Waals surface area contributed by atoms with E-state index in [2.05, 4.69) is 53.8 Å². The first kappa shape index (κ1) is 14.5. The number of nitrogens with zero attached hydrogens (tertiary/aromatic N) is 1. The summed E-state index contributed by atoms with van der Waals surface area (Å²) in [6.45, 7) is 5.14. The Bertz CT molecular complexity index is 517. The molecule has 2 aliphatic rings. The minimum absolute atomic E-state index is 0.0910. The highest BCUT2D eigenvalue weighted by molar-refractivity contribution is 5.82. The van der Waals surface area contributed by atoms with Gasteiger partial charge in [-0.15, -0.1) is 0 Å². The fraction of sp³-hybridized carbons (Fsp3) is 0.588. The van der Waals surface area contributed by atoms with E-state index in [1.54, 1.807) is 0 Å². The predicted octanol–water partition coefficient (Wildman–Crippen LogP) is 1.16. The molecule has 114 valence electrons. The number of benzene rings is 1. The molecule has 1 aromatic carbocycles. The Balaban J connectivity index is 1.59. The lowest BCUT2D eigenvalue weighted by Gasteiger charge is -2.36. The molecule has 0 radical (unpaired) electrons. The largest absolute Gasteiger partial charge is 0.352 e. The van der Waals surface area contributed by atoms with Gasteiger partial charge in [-0.2, -0.15) is 0 Å². The molecule has 1 aromatic rings. The first-order chi connectivity index (χ1) is 10.1. The van der Waals surface area contributed by atoms with E-state index in [0.29, 0.717) is 12.0 Å². The van der Waals surface area contributed by atoms with E-state index in [-0.39, 0.29) is 11.9 Å². The van der Waals surface area contributed by atoms with Gasteiger partial charge in [0, 0.05) is 19.1 Å². The summed E-state index contributed by atoms with van der Waals surface area (Å²) in [5.41, 5.74) is 2.61. The van der Waals surface area contributed by atoms with Crippen molar-refractivity contribution in [2.75, 3.05) is 20.1 Å². The average molecular weight is 287 g/mol. The third-order valence-corrected chi connectivity index (χ3v) is 4.83. The van der Waals surface area contributed by atoms with Crippen molar-refractivity contribution >= 4 is 5.91 Å². The summed E-state index contributed by atoms with van der Waals surface area (Å²) in [6, 6.07) is 8.60. The van der Waals surface area contributed by atoms with Crippen molar-refractivity contribution < 1.29 is 4.79 Å². The van der Waals surface area contributed by atoms with Crippen LogP contribution in [0.4, 0.5) is 0 Å². The van der Waals surface area contributed by atoms with Crippen LogP contribution in [0.3, 0.4) is 0 Å². The SMILES string of the molecule is CC1CN(C)CCC1NC(=O)[C@@H]1Cc2ccccc2CN1. The lowest BCUT2D eigenvalue weighted by molar-refractivity contribution is -0.124. The first-order valence-corrected chi connectivity index (χ1v) is 7.92. The highest BCUT2D eigenvalue weighted by atomic mass is 16.2. The molecule has 3 atom stereocenters. The van der Waals surface area contributed by atoms with Crippen LogP contribution in [-0.2, 0) is 17.8 Å². The minimum atomic E-state index is -0.0910. The zero-order valence-corrected chi connectivity index (χ0v) is 12.9. The van der Waals surface area contributed by atoms with Crippen LogP contribution in [0.5, 0.6) is 0 Å². The molecule has 0 aromatic heterocycles. The Morgan fingerprint density at radius 3 is 2.86 bits per heavy atom. The standard InChI is InChI=1S/C17H25N3O/c1-12-11-20(2)8-7-15(12)19-17(21)16-9-13-5-3-4-6-14(13)10-18-16/h3-6,12,15-16,18H,7-11H2,1-2H3,(H,19,21)/t12?,15?,16-/m0/s1. The van der Waals surface area contributed by atoms with Gasteiger partial charge >= 0.3 is 0 Å². The molecule has 2 aliphatic heterocycles. The molecule has 0 bridgehead atoms. The van der Waals surface area contributed by atoms with E-state index in [4.69, 9.17) is 0 Å². The number of piperidine rings is 1. The van der Waals surface area contributed by atoms with Crippen LogP contribution in [-0.4, -0.2) is 43.0 Å². The molecule has 2 N–H and O–H groups in total. The van der Waals surface area contributed by atoms with E-state index in [9.17, 15) is 4.79 Å². The number of nitrogens with one attached hydrogen (secondary N) is 2. The van der Waals surface area contributed by atoms with Crippen LogP contribution in [0, 0.1) is 5.92 Å². The molecular weight excluding hydrogens is 262 g/mol. The molecule has 1 amide bonds. The Labute approximate surface area is 126 Å². The summed E-state index contributed by atoms with van der Waals surface area (Å²) in [4.78, 5) is 14.9. The van der Waals surface area contributed by atoms with Crippen LogP contribution < -0.4 is 10.6 Å². The van der Waals surface area contributed by atoms with Gasteiger partial charge in [0.15, 0.2) is 0 Å². The van der Waals surface area contributed by atoms with Crippen LogP contribution in [0.2, 0.25) is 0 Å². The van der Waals surface area contributed by atoms with Crippen molar-refractivity contribution in [3.05, 3.63) is 35.4 Å². The van der Waals surface area contributed by atoms with E-state index >= 15 is 0 Å². The number of carbonyl (C=O) groups is 1. The Morgan fingerprint density at radius 2 is 2.10 bits per heavy atom.